The molecule has 1 aliphatic rings. The maximum absolute atomic E-state index is 5.56. The highest BCUT2D eigenvalue weighted by Crippen LogP contribution is 2.28. The molecule has 0 spiro atoms. The van der Waals surface area contributed by atoms with Gasteiger partial charge in [0.05, 0.1) is 12.1 Å². The van der Waals surface area contributed by atoms with Gasteiger partial charge < -0.3 is 10.1 Å². The number of hydrogen-bond donors (Lipinski definition) is 1. The summed E-state index contributed by atoms with van der Waals surface area (Å²) in [5.41, 5.74) is 0. The van der Waals surface area contributed by atoms with Crippen LogP contribution in [0, 0.1) is 0 Å². The zero-order chi connectivity index (χ0) is 11.4. The van der Waals surface area contributed by atoms with Crippen LogP contribution in [0.2, 0.25) is 0 Å². The third-order valence-corrected chi connectivity index (χ3v) is 3.98. The number of ether oxygens (including phenoxy) is 1. The van der Waals surface area contributed by atoms with Crippen LogP contribution in [-0.4, -0.2) is 23.7 Å². The average molecular weight is 240 g/mol. The predicted octanol–water partition coefficient (Wildman–Crippen LogP) is 2.75. The van der Waals surface area contributed by atoms with Gasteiger partial charge in [0.25, 0.3) is 0 Å². The fourth-order valence-electron chi connectivity index (χ4n) is 2.13. The number of rotatable bonds is 6. The van der Waals surface area contributed by atoms with E-state index in [-0.39, 0.29) is 0 Å². The van der Waals surface area contributed by atoms with Crippen LogP contribution in [0.15, 0.2) is 11.6 Å². The molecule has 0 aromatic carbocycles. The van der Waals surface area contributed by atoms with Crippen molar-refractivity contribution in [2.75, 3.05) is 6.61 Å². The number of nitrogens with one attached hydrogen (secondary N) is 1. The number of hydrogen-bond acceptors (Lipinski definition) is 4. The molecule has 1 aliphatic carbocycles. The lowest BCUT2D eigenvalue weighted by Gasteiger charge is -2.37. The Bertz CT molecular complexity index is 296. The van der Waals surface area contributed by atoms with Gasteiger partial charge in [0, 0.05) is 24.2 Å². The predicted molar refractivity (Wildman–Crippen MR) is 66.7 cm³/mol. The van der Waals surface area contributed by atoms with Crippen molar-refractivity contribution in [2.24, 2.45) is 0 Å². The fourth-order valence-corrected chi connectivity index (χ4v) is 2.91. The molecule has 3 nitrogen and oxygen atoms in total. The molecule has 1 saturated carbocycles. The molecule has 0 radical (unpaired) electrons. The van der Waals surface area contributed by atoms with Gasteiger partial charge in [-0.2, -0.15) is 0 Å². The SMILES string of the molecule is CCOC1CC(NC(CC)c2nccs2)C1. The largest absolute Gasteiger partial charge is 0.378 e. The summed E-state index contributed by atoms with van der Waals surface area (Å²) >= 11 is 1.74. The fraction of sp³-hybridized carbons (Fsp3) is 0.750. The first-order valence-electron chi connectivity index (χ1n) is 6.10. The van der Waals surface area contributed by atoms with Crippen molar-refractivity contribution in [1.82, 2.24) is 10.3 Å². The Morgan fingerprint density at radius 2 is 2.38 bits per heavy atom. The lowest BCUT2D eigenvalue weighted by Crippen LogP contribution is -2.46. The Morgan fingerprint density at radius 3 is 2.94 bits per heavy atom. The second-order valence-electron chi connectivity index (χ2n) is 4.24. The highest BCUT2D eigenvalue weighted by molar-refractivity contribution is 7.09. The minimum absolute atomic E-state index is 0.424. The van der Waals surface area contributed by atoms with Gasteiger partial charge in [0.2, 0.25) is 0 Å². The molecule has 90 valence electrons. The van der Waals surface area contributed by atoms with Crippen molar-refractivity contribution in [2.45, 2.75) is 51.3 Å². The molecule has 0 bridgehead atoms. The summed E-state index contributed by atoms with van der Waals surface area (Å²) in [5.74, 6) is 0. The molecular formula is C12H20N2OS. The minimum atomic E-state index is 0.424. The number of aromatic nitrogens is 1. The number of thiazole rings is 1. The smallest absolute Gasteiger partial charge is 0.109 e. The Morgan fingerprint density at radius 1 is 1.56 bits per heavy atom. The van der Waals surface area contributed by atoms with Gasteiger partial charge in [-0.3, -0.25) is 0 Å². The molecule has 1 N–H and O–H groups in total. The summed E-state index contributed by atoms with van der Waals surface area (Å²) in [6.07, 6.45) is 5.76. The molecule has 1 unspecified atom stereocenters. The van der Waals surface area contributed by atoms with Crippen LogP contribution in [0.1, 0.15) is 44.2 Å². The van der Waals surface area contributed by atoms with Crippen LogP contribution in [0.4, 0.5) is 0 Å². The summed E-state index contributed by atoms with van der Waals surface area (Å²) in [6.45, 7) is 5.10. The molecule has 1 heterocycles. The van der Waals surface area contributed by atoms with E-state index in [0.29, 0.717) is 18.2 Å². The van der Waals surface area contributed by atoms with Gasteiger partial charge in [-0.25, -0.2) is 4.98 Å². The minimum Gasteiger partial charge on any atom is -0.378 e. The standard InChI is InChI=1S/C12H20N2OS/c1-3-11(12-13-5-6-16-12)14-9-7-10(8-9)15-4-2/h5-6,9-11,14H,3-4,7-8H2,1-2H3. The maximum atomic E-state index is 5.56. The molecule has 0 aliphatic heterocycles. The van der Waals surface area contributed by atoms with E-state index >= 15 is 0 Å². The normalized spacial score (nSPS) is 26.4. The van der Waals surface area contributed by atoms with Crippen molar-refractivity contribution in [3.63, 3.8) is 0 Å². The highest BCUT2D eigenvalue weighted by Gasteiger charge is 2.31. The van der Waals surface area contributed by atoms with E-state index in [2.05, 4.69) is 24.1 Å². The Balaban J connectivity index is 1.77. The summed E-state index contributed by atoms with van der Waals surface area (Å²) in [5, 5.41) is 6.92. The molecule has 1 fully saturated rings. The third kappa shape index (κ3) is 2.81. The van der Waals surface area contributed by atoms with Crippen LogP contribution in [0.5, 0.6) is 0 Å². The van der Waals surface area contributed by atoms with Gasteiger partial charge in [-0.15, -0.1) is 11.3 Å². The van der Waals surface area contributed by atoms with Crippen LogP contribution >= 0.6 is 11.3 Å². The van der Waals surface area contributed by atoms with Crippen molar-refractivity contribution < 1.29 is 4.74 Å². The van der Waals surface area contributed by atoms with Gasteiger partial charge >= 0.3 is 0 Å². The van der Waals surface area contributed by atoms with Crippen molar-refractivity contribution in [3.05, 3.63) is 16.6 Å². The second kappa shape index (κ2) is 5.75. The van der Waals surface area contributed by atoms with Crippen molar-refractivity contribution >= 4 is 11.3 Å². The second-order valence-corrected chi connectivity index (χ2v) is 5.17. The molecule has 1 atom stereocenters. The van der Waals surface area contributed by atoms with E-state index in [0.717, 1.165) is 25.9 Å². The maximum Gasteiger partial charge on any atom is 0.109 e. The zero-order valence-electron chi connectivity index (χ0n) is 9.98. The molecule has 0 saturated heterocycles. The summed E-state index contributed by atoms with van der Waals surface area (Å²) < 4.78 is 5.56. The first-order valence-corrected chi connectivity index (χ1v) is 6.98. The Hall–Kier alpha value is -0.450. The average Bonchev–Trinajstić information content (AvgIpc) is 2.74. The first-order chi connectivity index (χ1) is 7.83. The summed E-state index contributed by atoms with van der Waals surface area (Å²) in [4.78, 5) is 4.38. The van der Waals surface area contributed by atoms with Crippen molar-refractivity contribution in [1.29, 1.82) is 0 Å². The van der Waals surface area contributed by atoms with Crippen LogP contribution in [0.3, 0.4) is 0 Å². The Labute approximate surface area is 101 Å². The zero-order valence-corrected chi connectivity index (χ0v) is 10.8. The molecule has 2 rings (SSSR count). The highest BCUT2D eigenvalue weighted by atomic mass is 32.1. The molecule has 4 heteroatoms. The molecule has 1 aromatic heterocycles. The topological polar surface area (TPSA) is 34.1 Å². The molecule has 16 heavy (non-hydrogen) atoms. The Kier molecular flexibility index (Phi) is 4.32. The quantitative estimate of drug-likeness (QED) is 0.830. The third-order valence-electron chi connectivity index (χ3n) is 3.09. The first kappa shape index (κ1) is 12.0. The van der Waals surface area contributed by atoms with E-state index in [1.807, 2.05) is 11.6 Å². The van der Waals surface area contributed by atoms with E-state index in [4.69, 9.17) is 4.74 Å². The van der Waals surface area contributed by atoms with Gasteiger partial charge in [-0.1, -0.05) is 6.92 Å². The van der Waals surface area contributed by atoms with Crippen molar-refractivity contribution in [3.8, 4) is 0 Å². The van der Waals surface area contributed by atoms with Gasteiger partial charge in [0.15, 0.2) is 0 Å². The number of nitrogens with zero attached hydrogens (tertiary/aromatic N) is 1. The van der Waals surface area contributed by atoms with E-state index < -0.39 is 0 Å². The monoisotopic (exact) mass is 240 g/mol. The van der Waals surface area contributed by atoms with Crippen LogP contribution in [0.25, 0.3) is 0 Å². The van der Waals surface area contributed by atoms with Gasteiger partial charge in [0.1, 0.15) is 5.01 Å². The van der Waals surface area contributed by atoms with E-state index in [1.54, 1.807) is 11.3 Å². The van der Waals surface area contributed by atoms with E-state index in [1.165, 1.54) is 5.01 Å². The molecular weight excluding hydrogens is 220 g/mol. The molecule has 0 amide bonds. The van der Waals surface area contributed by atoms with Gasteiger partial charge in [-0.05, 0) is 26.2 Å². The lowest BCUT2D eigenvalue weighted by atomic mass is 9.88. The lowest BCUT2D eigenvalue weighted by molar-refractivity contribution is -0.0126. The summed E-state index contributed by atoms with van der Waals surface area (Å²) in [6, 6.07) is 1.04. The van der Waals surface area contributed by atoms with Crippen LogP contribution < -0.4 is 5.32 Å². The van der Waals surface area contributed by atoms with Crippen LogP contribution in [-0.2, 0) is 4.74 Å². The molecule has 1 aromatic rings. The van der Waals surface area contributed by atoms with E-state index in [9.17, 15) is 0 Å². The summed E-state index contributed by atoms with van der Waals surface area (Å²) in [7, 11) is 0.